The Morgan fingerprint density at radius 2 is 1.64 bits per heavy atom. The normalized spacial score (nSPS) is 12.3. The van der Waals surface area contributed by atoms with E-state index in [0.29, 0.717) is 5.56 Å². The van der Waals surface area contributed by atoms with E-state index in [1.807, 2.05) is 6.92 Å². The second-order valence-electron chi connectivity index (χ2n) is 4.82. The molecule has 0 aromatic heterocycles. The van der Waals surface area contributed by atoms with E-state index in [9.17, 15) is 12.8 Å². The fourth-order valence-corrected chi connectivity index (χ4v) is 3.18. The summed E-state index contributed by atoms with van der Waals surface area (Å²) in [7, 11) is -2.26. The fraction of sp³-hybridized carbons (Fsp3) is 0.125. The van der Waals surface area contributed by atoms with Crippen molar-refractivity contribution in [3.05, 3.63) is 71.7 Å². The third kappa shape index (κ3) is 3.67. The van der Waals surface area contributed by atoms with Crippen LogP contribution in [0.5, 0.6) is 0 Å². The van der Waals surface area contributed by atoms with Gasteiger partial charge in [-0.15, -0.1) is 0 Å². The predicted octanol–water partition coefficient (Wildman–Crippen LogP) is 3.99. The van der Waals surface area contributed by atoms with Crippen LogP contribution in [0.2, 0.25) is 0 Å². The molecule has 0 atom stereocenters. The Kier molecular flexibility index (Phi) is 4.88. The van der Waals surface area contributed by atoms with Crippen LogP contribution in [-0.2, 0) is 10.0 Å². The van der Waals surface area contributed by atoms with Gasteiger partial charge in [0.15, 0.2) is 0 Å². The standard InChI is InChI=1S/C16H15ClFNO2S/c1-12-3-9-15(10-4-12)22(20,21)19(2)11-16(17)13-5-7-14(18)8-6-13/h3-11H,1-2H3/b16-11-. The molecule has 2 aromatic carbocycles. The van der Waals surface area contributed by atoms with Gasteiger partial charge in [0.1, 0.15) is 5.82 Å². The van der Waals surface area contributed by atoms with Crippen molar-refractivity contribution < 1.29 is 12.8 Å². The summed E-state index contributed by atoms with van der Waals surface area (Å²) in [6.45, 7) is 1.88. The Bertz CT molecular complexity index is 784. The summed E-state index contributed by atoms with van der Waals surface area (Å²) in [6, 6.07) is 12.0. The molecule has 0 heterocycles. The van der Waals surface area contributed by atoms with Gasteiger partial charge in [0.05, 0.1) is 9.93 Å². The van der Waals surface area contributed by atoms with E-state index in [0.717, 1.165) is 9.87 Å². The molecule has 0 aliphatic rings. The van der Waals surface area contributed by atoms with Crippen molar-refractivity contribution in [3.63, 3.8) is 0 Å². The minimum Gasteiger partial charge on any atom is -0.275 e. The Balaban J connectivity index is 2.30. The average Bonchev–Trinajstić information content (AvgIpc) is 2.48. The number of rotatable bonds is 4. The first-order chi connectivity index (χ1) is 10.3. The van der Waals surface area contributed by atoms with Gasteiger partial charge in [-0.3, -0.25) is 4.31 Å². The molecular formula is C16H15ClFNO2S. The monoisotopic (exact) mass is 339 g/mol. The maximum Gasteiger partial charge on any atom is 0.263 e. The highest BCUT2D eigenvalue weighted by Crippen LogP contribution is 2.22. The lowest BCUT2D eigenvalue weighted by molar-refractivity contribution is 0.540. The Labute approximate surface area is 134 Å². The lowest BCUT2D eigenvalue weighted by Crippen LogP contribution is -2.21. The molecule has 0 saturated heterocycles. The first-order valence-electron chi connectivity index (χ1n) is 6.48. The van der Waals surface area contributed by atoms with E-state index in [1.54, 1.807) is 24.3 Å². The van der Waals surface area contributed by atoms with E-state index in [1.165, 1.54) is 37.5 Å². The Morgan fingerprint density at radius 1 is 1.09 bits per heavy atom. The van der Waals surface area contributed by atoms with Crippen LogP contribution in [0.15, 0.2) is 59.6 Å². The van der Waals surface area contributed by atoms with Gasteiger partial charge in [-0.25, -0.2) is 12.8 Å². The lowest BCUT2D eigenvalue weighted by Gasteiger charge is -2.16. The molecular weight excluding hydrogens is 325 g/mol. The zero-order valence-electron chi connectivity index (χ0n) is 12.1. The van der Waals surface area contributed by atoms with Crippen LogP contribution in [0.25, 0.3) is 5.03 Å². The number of hydrogen-bond acceptors (Lipinski definition) is 2. The van der Waals surface area contributed by atoms with Crippen molar-refractivity contribution >= 4 is 26.7 Å². The predicted molar refractivity (Wildman–Crippen MR) is 86.4 cm³/mol. The molecule has 0 spiro atoms. The van der Waals surface area contributed by atoms with Crippen LogP contribution < -0.4 is 0 Å². The van der Waals surface area contributed by atoms with Crippen molar-refractivity contribution in [2.75, 3.05) is 7.05 Å². The van der Waals surface area contributed by atoms with Crippen molar-refractivity contribution in [1.29, 1.82) is 0 Å². The molecule has 0 amide bonds. The summed E-state index contributed by atoms with van der Waals surface area (Å²) in [5, 5.41) is 0.207. The van der Waals surface area contributed by atoms with E-state index in [4.69, 9.17) is 11.6 Å². The smallest absolute Gasteiger partial charge is 0.263 e. The molecule has 0 unspecified atom stereocenters. The first kappa shape index (κ1) is 16.5. The summed E-state index contributed by atoms with van der Waals surface area (Å²) >= 11 is 6.10. The van der Waals surface area contributed by atoms with Crippen LogP contribution in [-0.4, -0.2) is 19.8 Å². The van der Waals surface area contributed by atoms with Crippen LogP contribution in [0.4, 0.5) is 4.39 Å². The quantitative estimate of drug-likeness (QED) is 0.844. The average molecular weight is 340 g/mol. The molecule has 0 bridgehead atoms. The van der Waals surface area contributed by atoms with Gasteiger partial charge in [-0.2, -0.15) is 0 Å². The van der Waals surface area contributed by atoms with Crippen molar-refractivity contribution in [1.82, 2.24) is 4.31 Å². The molecule has 0 aliphatic carbocycles. The molecule has 0 saturated carbocycles. The van der Waals surface area contributed by atoms with Crippen LogP contribution in [0, 0.1) is 12.7 Å². The van der Waals surface area contributed by atoms with Crippen molar-refractivity contribution in [2.45, 2.75) is 11.8 Å². The third-order valence-corrected chi connectivity index (χ3v) is 5.16. The summed E-state index contributed by atoms with van der Waals surface area (Å²) in [5.74, 6) is -0.381. The number of aryl methyl sites for hydroxylation is 1. The Hall–Kier alpha value is -1.85. The third-order valence-electron chi connectivity index (χ3n) is 3.11. The second kappa shape index (κ2) is 6.50. The number of benzene rings is 2. The number of nitrogens with zero attached hydrogens (tertiary/aromatic N) is 1. The largest absolute Gasteiger partial charge is 0.275 e. The van der Waals surface area contributed by atoms with Crippen LogP contribution in [0.3, 0.4) is 0 Å². The number of hydrogen-bond donors (Lipinski definition) is 0. The van der Waals surface area contributed by atoms with Gasteiger partial charge >= 0.3 is 0 Å². The number of halogens is 2. The van der Waals surface area contributed by atoms with Crippen molar-refractivity contribution in [2.24, 2.45) is 0 Å². The lowest BCUT2D eigenvalue weighted by atomic mass is 10.2. The van der Waals surface area contributed by atoms with Gasteiger partial charge in [-0.05, 0) is 36.8 Å². The van der Waals surface area contributed by atoms with E-state index in [-0.39, 0.29) is 15.7 Å². The highest BCUT2D eigenvalue weighted by molar-refractivity contribution is 7.89. The van der Waals surface area contributed by atoms with E-state index >= 15 is 0 Å². The first-order valence-corrected chi connectivity index (χ1v) is 8.30. The van der Waals surface area contributed by atoms with E-state index in [2.05, 4.69) is 0 Å². The highest BCUT2D eigenvalue weighted by atomic mass is 35.5. The fourth-order valence-electron chi connectivity index (χ4n) is 1.79. The van der Waals surface area contributed by atoms with Gasteiger partial charge in [0.2, 0.25) is 0 Å². The number of sulfonamides is 1. The summed E-state index contributed by atoms with van der Waals surface area (Å²) in [4.78, 5) is 0.181. The molecule has 0 fully saturated rings. The molecule has 3 nitrogen and oxygen atoms in total. The van der Waals surface area contributed by atoms with E-state index < -0.39 is 10.0 Å². The SMILES string of the molecule is Cc1ccc(S(=O)(=O)N(C)/C=C(\Cl)c2ccc(F)cc2)cc1. The molecule has 0 N–H and O–H groups in total. The minimum absolute atomic E-state index is 0.181. The summed E-state index contributed by atoms with van der Waals surface area (Å²) < 4.78 is 38.8. The molecule has 0 aliphatic heterocycles. The minimum atomic E-state index is -3.67. The topological polar surface area (TPSA) is 37.4 Å². The van der Waals surface area contributed by atoms with Gasteiger partial charge in [0.25, 0.3) is 10.0 Å². The molecule has 0 radical (unpaired) electrons. The maximum absolute atomic E-state index is 12.9. The molecule has 2 rings (SSSR count). The van der Waals surface area contributed by atoms with Crippen molar-refractivity contribution in [3.8, 4) is 0 Å². The molecule has 116 valence electrons. The molecule has 6 heteroatoms. The Morgan fingerprint density at radius 3 is 2.18 bits per heavy atom. The zero-order chi connectivity index (χ0) is 16.3. The molecule has 22 heavy (non-hydrogen) atoms. The summed E-state index contributed by atoms with van der Waals surface area (Å²) in [5.41, 5.74) is 1.51. The summed E-state index contributed by atoms with van der Waals surface area (Å²) in [6.07, 6.45) is 1.30. The van der Waals surface area contributed by atoms with Crippen LogP contribution in [0.1, 0.15) is 11.1 Å². The van der Waals surface area contributed by atoms with Gasteiger partial charge in [-0.1, -0.05) is 41.4 Å². The maximum atomic E-state index is 12.9. The second-order valence-corrected chi connectivity index (χ2v) is 7.22. The van der Waals surface area contributed by atoms with Gasteiger partial charge in [0, 0.05) is 13.2 Å². The highest BCUT2D eigenvalue weighted by Gasteiger charge is 2.18. The zero-order valence-corrected chi connectivity index (χ0v) is 13.7. The van der Waals surface area contributed by atoms with Gasteiger partial charge < -0.3 is 0 Å². The van der Waals surface area contributed by atoms with Crippen LogP contribution >= 0.6 is 11.6 Å². The molecule has 2 aromatic rings.